The van der Waals surface area contributed by atoms with Crippen LogP contribution in [0.15, 0.2) is 17.0 Å². The molecule has 1 atom stereocenters. The number of nitriles is 1. The van der Waals surface area contributed by atoms with E-state index < -0.39 is 36.1 Å². The first-order valence-electron chi connectivity index (χ1n) is 5.65. The maximum atomic E-state index is 12.3. The molecular formula is C11H11Cl2N3O4S. The summed E-state index contributed by atoms with van der Waals surface area (Å²) >= 11 is 11.4. The fourth-order valence-electron chi connectivity index (χ4n) is 1.42. The molecule has 1 unspecified atom stereocenters. The lowest BCUT2D eigenvalue weighted by Crippen LogP contribution is -2.44. The van der Waals surface area contributed by atoms with Crippen molar-refractivity contribution in [1.82, 2.24) is 4.72 Å². The number of halogens is 2. The summed E-state index contributed by atoms with van der Waals surface area (Å²) < 4.78 is 26.7. The minimum absolute atomic E-state index is 0.204. The maximum Gasteiger partial charge on any atom is 0.307 e. The number of nitro benzene ring substituents is 1. The zero-order chi connectivity index (χ0) is 16.4. The molecular weight excluding hydrogens is 341 g/mol. The van der Waals surface area contributed by atoms with E-state index >= 15 is 0 Å². The van der Waals surface area contributed by atoms with Gasteiger partial charge in [0.15, 0.2) is 0 Å². The predicted octanol–water partition coefficient (Wildman–Crippen LogP) is 2.87. The van der Waals surface area contributed by atoms with Crippen molar-refractivity contribution in [1.29, 1.82) is 5.26 Å². The second kappa shape index (κ2) is 6.15. The van der Waals surface area contributed by atoms with Gasteiger partial charge in [-0.25, -0.2) is 8.42 Å². The van der Waals surface area contributed by atoms with Crippen LogP contribution in [0.5, 0.6) is 0 Å². The number of nitro groups is 1. The van der Waals surface area contributed by atoms with E-state index in [0.29, 0.717) is 0 Å². The predicted molar refractivity (Wildman–Crippen MR) is 77.7 cm³/mol. The van der Waals surface area contributed by atoms with Crippen LogP contribution in [0.25, 0.3) is 0 Å². The van der Waals surface area contributed by atoms with Gasteiger partial charge < -0.3 is 0 Å². The minimum Gasteiger partial charge on any atom is -0.258 e. The van der Waals surface area contributed by atoms with Crippen molar-refractivity contribution in [2.24, 2.45) is 0 Å². The van der Waals surface area contributed by atoms with Gasteiger partial charge in [0.2, 0.25) is 10.0 Å². The summed E-state index contributed by atoms with van der Waals surface area (Å²) in [6.07, 6.45) is 0.204. The van der Waals surface area contributed by atoms with Crippen molar-refractivity contribution in [3.8, 4) is 6.07 Å². The third-order valence-electron chi connectivity index (χ3n) is 2.82. The van der Waals surface area contributed by atoms with Crippen LogP contribution in [-0.2, 0) is 10.0 Å². The maximum absolute atomic E-state index is 12.3. The molecule has 0 spiro atoms. The highest BCUT2D eigenvalue weighted by Crippen LogP contribution is 2.37. The van der Waals surface area contributed by atoms with E-state index in [1.165, 1.54) is 6.92 Å². The molecule has 0 aliphatic carbocycles. The number of benzene rings is 1. The lowest BCUT2D eigenvalue weighted by atomic mass is 10.0. The summed E-state index contributed by atoms with van der Waals surface area (Å²) in [5, 5.41) is 19.0. The van der Waals surface area contributed by atoms with E-state index in [1.807, 2.05) is 6.07 Å². The highest BCUT2D eigenvalue weighted by molar-refractivity contribution is 7.89. The highest BCUT2D eigenvalue weighted by Gasteiger charge is 2.33. The van der Waals surface area contributed by atoms with Gasteiger partial charge >= 0.3 is 5.69 Å². The third-order valence-corrected chi connectivity index (χ3v) is 5.26. The van der Waals surface area contributed by atoms with Crippen LogP contribution < -0.4 is 4.72 Å². The van der Waals surface area contributed by atoms with Gasteiger partial charge in [0, 0.05) is 0 Å². The molecule has 0 aliphatic heterocycles. The van der Waals surface area contributed by atoms with Gasteiger partial charge in [-0.2, -0.15) is 9.98 Å². The molecule has 0 saturated heterocycles. The molecule has 1 N–H and O–H groups in total. The lowest BCUT2D eigenvalue weighted by molar-refractivity contribution is -0.384. The van der Waals surface area contributed by atoms with E-state index in [9.17, 15) is 18.5 Å². The zero-order valence-electron chi connectivity index (χ0n) is 11.1. The molecule has 0 heterocycles. The van der Waals surface area contributed by atoms with Gasteiger partial charge in [-0.15, -0.1) is 0 Å². The Hall–Kier alpha value is -1.40. The van der Waals surface area contributed by atoms with Crippen LogP contribution in [0.1, 0.15) is 20.3 Å². The Morgan fingerprint density at radius 2 is 2.05 bits per heavy atom. The van der Waals surface area contributed by atoms with Crippen LogP contribution in [0.3, 0.4) is 0 Å². The Balaban J connectivity index is 3.45. The van der Waals surface area contributed by atoms with Crippen LogP contribution in [0.4, 0.5) is 5.69 Å². The van der Waals surface area contributed by atoms with Gasteiger partial charge in [0.25, 0.3) is 0 Å². The normalized spacial score (nSPS) is 14.2. The largest absolute Gasteiger partial charge is 0.307 e. The van der Waals surface area contributed by atoms with Crippen LogP contribution >= 0.6 is 23.2 Å². The van der Waals surface area contributed by atoms with Gasteiger partial charge in [-0.05, 0) is 25.5 Å². The number of nitrogens with one attached hydrogen (secondary N) is 1. The monoisotopic (exact) mass is 351 g/mol. The van der Waals surface area contributed by atoms with Gasteiger partial charge in [0.05, 0.1) is 11.0 Å². The first-order valence-corrected chi connectivity index (χ1v) is 7.89. The second-order valence-corrected chi connectivity index (χ2v) is 6.80. The summed E-state index contributed by atoms with van der Waals surface area (Å²) in [5.74, 6) is 0. The van der Waals surface area contributed by atoms with E-state index in [4.69, 9.17) is 28.5 Å². The topological polar surface area (TPSA) is 113 Å². The third kappa shape index (κ3) is 3.63. The molecule has 0 radical (unpaired) electrons. The first kappa shape index (κ1) is 17.7. The lowest BCUT2D eigenvalue weighted by Gasteiger charge is -2.21. The van der Waals surface area contributed by atoms with Crippen molar-refractivity contribution in [3.05, 3.63) is 32.3 Å². The van der Waals surface area contributed by atoms with E-state index in [0.717, 1.165) is 12.1 Å². The highest BCUT2D eigenvalue weighted by atomic mass is 35.5. The molecule has 0 fully saturated rings. The van der Waals surface area contributed by atoms with Gasteiger partial charge in [-0.1, -0.05) is 30.1 Å². The standard InChI is InChI=1S/C11H11Cl2N3O4S/c1-3-11(2,6-14)15-21(19,20)8-5-4-7(12)10(9(8)13)16(17)18/h4-5,15H,3H2,1-2H3. The molecule has 10 heteroatoms. The summed E-state index contributed by atoms with van der Waals surface area (Å²) in [7, 11) is -4.21. The Bertz CT molecular complexity index is 730. The molecule has 0 aliphatic rings. The van der Waals surface area contributed by atoms with Crippen molar-refractivity contribution < 1.29 is 13.3 Å². The van der Waals surface area contributed by atoms with Crippen LogP contribution in [0, 0.1) is 21.4 Å². The summed E-state index contributed by atoms with van der Waals surface area (Å²) in [5.41, 5.74) is -2.05. The van der Waals surface area contributed by atoms with E-state index in [-0.39, 0.29) is 11.4 Å². The quantitative estimate of drug-likeness (QED) is 0.647. The average molecular weight is 352 g/mol. The molecule has 0 amide bonds. The Morgan fingerprint density at radius 1 is 1.48 bits per heavy atom. The Kier molecular flexibility index (Phi) is 5.17. The minimum atomic E-state index is -4.21. The molecule has 0 bridgehead atoms. The average Bonchev–Trinajstić information content (AvgIpc) is 2.37. The second-order valence-electron chi connectivity index (χ2n) is 4.37. The fourth-order valence-corrected chi connectivity index (χ4v) is 3.71. The van der Waals surface area contributed by atoms with Crippen molar-refractivity contribution >= 4 is 38.9 Å². The molecule has 7 nitrogen and oxygen atoms in total. The van der Waals surface area contributed by atoms with E-state index in [2.05, 4.69) is 4.72 Å². The van der Waals surface area contributed by atoms with E-state index in [1.54, 1.807) is 6.92 Å². The van der Waals surface area contributed by atoms with Crippen LogP contribution in [-0.4, -0.2) is 18.9 Å². The zero-order valence-corrected chi connectivity index (χ0v) is 13.4. The molecule has 0 aromatic heterocycles. The molecule has 1 aromatic rings. The smallest absolute Gasteiger partial charge is 0.258 e. The fraction of sp³-hybridized carbons (Fsp3) is 0.364. The Labute approximate surface area is 131 Å². The molecule has 1 aromatic carbocycles. The van der Waals surface area contributed by atoms with Gasteiger partial charge in [0.1, 0.15) is 20.5 Å². The van der Waals surface area contributed by atoms with Gasteiger partial charge in [-0.3, -0.25) is 10.1 Å². The number of hydrogen-bond donors (Lipinski definition) is 1. The number of nitrogens with zero attached hydrogens (tertiary/aromatic N) is 2. The summed E-state index contributed by atoms with van der Waals surface area (Å²) in [6.45, 7) is 3.01. The molecule has 114 valence electrons. The van der Waals surface area contributed by atoms with Crippen molar-refractivity contribution in [3.63, 3.8) is 0 Å². The molecule has 21 heavy (non-hydrogen) atoms. The first-order chi connectivity index (χ1) is 9.58. The van der Waals surface area contributed by atoms with Crippen molar-refractivity contribution in [2.45, 2.75) is 30.7 Å². The number of rotatable bonds is 5. The van der Waals surface area contributed by atoms with Crippen LogP contribution in [0.2, 0.25) is 10.0 Å². The summed E-state index contributed by atoms with van der Waals surface area (Å²) in [6, 6.07) is 3.94. The summed E-state index contributed by atoms with van der Waals surface area (Å²) in [4.78, 5) is 9.52. The van der Waals surface area contributed by atoms with Crippen molar-refractivity contribution in [2.75, 3.05) is 0 Å². The number of sulfonamides is 1. The Morgan fingerprint density at radius 3 is 2.48 bits per heavy atom. The molecule has 1 rings (SSSR count). The number of hydrogen-bond acceptors (Lipinski definition) is 5. The molecule has 0 saturated carbocycles. The SMILES string of the molecule is CCC(C)(C#N)NS(=O)(=O)c1ccc(Cl)c([N+](=O)[O-])c1Cl.